The summed E-state index contributed by atoms with van der Waals surface area (Å²) in [6.45, 7) is 2.11. The van der Waals surface area contributed by atoms with Crippen LogP contribution in [0, 0.1) is 0 Å². The van der Waals surface area contributed by atoms with E-state index in [2.05, 4.69) is 25.5 Å². The second-order valence-electron chi connectivity index (χ2n) is 3.18. The van der Waals surface area contributed by atoms with Gasteiger partial charge in [0, 0.05) is 10.0 Å². The summed E-state index contributed by atoms with van der Waals surface area (Å²) in [5.41, 5.74) is 1.42. The maximum Gasteiger partial charge on any atom is 0.352 e. The van der Waals surface area contributed by atoms with Gasteiger partial charge in [-0.1, -0.05) is 32.6 Å². The molecule has 0 fully saturated rings. The van der Waals surface area contributed by atoms with Crippen LogP contribution in [0.3, 0.4) is 0 Å². The molecule has 0 aliphatic carbocycles. The van der Waals surface area contributed by atoms with Crippen molar-refractivity contribution in [3.05, 3.63) is 33.6 Å². The van der Waals surface area contributed by atoms with Crippen LogP contribution in [0.2, 0.25) is 0 Å². The van der Waals surface area contributed by atoms with Crippen LogP contribution in [0.1, 0.15) is 16.6 Å². The van der Waals surface area contributed by atoms with Crippen LogP contribution in [0.4, 0.5) is 0 Å². The van der Waals surface area contributed by atoms with Crippen LogP contribution in [0.5, 0.6) is 0 Å². The fourth-order valence-electron chi connectivity index (χ4n) is 1.32. The molecule has 0 amide bonds. The smallest absolute Gasteiger partial charge is 0.352 e. The molecule has 0 saturated carbocycles. The van der Waals surface area contributed by atoms with Gasteiger partial charge in [0.1, 0.15) is 5.69 Å². The molecular formula is C11H9BrN2O2S. The fourth-order valence-corrected chi connectivity index (χ4v) is 2.16. The highest BCUT2D eigenvalue weighted by Crippen LogP contribution is 2.25. The molecule has 2 aromatic rings. The van der Waals surface area contributed by atoms with Gasteiger partial charge in [0.05, 0.1) is 6.61 Å². The Morgan fingerprint density at radius 3 is 2.76 bits per heavy atom. The topological polar surface area (TPSA) is 52.1 Å². The minimum atomic E-state index is -0.375. The van der Waals surface area contributed by atoms with Gasteiger partial charge in [-0.15, -0.1) is 5.10 Å². The van der Waals surface area contributed by atoms with Gasteiger partial charge in [-0.3, -0.25) is 0 Å². The second kappa shape index (κ2) is 5.37. The van der Waals surface area contributed by atoms with E-state index in [0.29, 0.717) is 17.2 Å². The average molecular weight is 313 g/mol. The minimum absolute atomic E-state index is 0.344. The molecule has 2 rings (SSSR count). The molecule has 0 aliphatic rings. The molecule has 1 aromatic heterocycles. The van der Waals surface area contributed by atoms with Crippen molar-refractivity contribution in [1.82, 2.24) is 9.59 Å². The molecule has 17 heavy (non-hydrogen) atoms. The van der Waals surface area contributed by atoms with Crippen LogP contribution in [0.25, 0.3) is 11.3 Å². The van der Waals surface area contributed by atoms with Crippen molar-refractivity contribution in [3.8, 4) is 11.3 Å². The molecule has 6 heteroatoms. The zero-order valence-electron chi connectivity index (χ0n) is 9.01. The number of halogens is 1. The molecule has 0 spiro atoms. The lowest BCUT2D eigenvalue weighted by atomic mass is 10.1. The lowest BCUT2D eigenvalue weighted by Gasteiger charge is -2.01. The van der Waals surface area contributed by atoms with E-state index >= 15 is 0 Å². The van der Waals surface area contributed by atoms with E-state index in [4.69, 9.17) is 4.74 Å². The lowest BCUT2D eigenvalue weighted by Crippen LogP contribution is -2.03. The largest absolute Gasteiger partial charge is 0.462 e. The molecule has 0 radical (unpaired) electrons. The summed E-state index contributed by atoms with van der Waals surface area (Å²) in [6.07, 6.45) is 0. The third kappa shape index (κ3) is 2.70. The molecule has 0 atom stereocenters. The summed E-state index contributed by atoms with van der Waals surface area (Å²) in [5.74, 6) is -0.375. The molecule has 0 bridgehead atoms. The van der Waals surface area contributed by atoms with Crippen LogP contribution in [-0.4, -0.2) is 22.2 Å². The van der Waals surface area contributed by atoms with Crippen molar-refractivity contribution in [2.75, 3.05) is 6.61 Å². The van der Waals surface area contributed by atoms with Crippen molar-refractivity contribution >= 4 is 33.4 Å². The van der Waals surface area contributed by atoms with E-state index in [1.165, 1.54) is 0 Å². The van der Waals surface area contributed by atoms with E-state index in [9.17, 15) is 4.79 Å². The van der Waals surface area contributed by atoms with Gasteiger partial charge in [-0.25, -0.2) is 4.79 Å². The summed E-state index contributed by atoms with van der Waals surface area (Å²) in [6, 6.07) is 7.54. The van der Waals surface area contributed by atoms with E-state index < -0.39 is 0 Å². The van der Waals surface area contributed by atoms with Gasteiger partial charge in [-0.2, -0.15) is 0 Å². The van der Waals surface area contributed by atoms with Crippen molar-refractivity contribution in [2.24, 2.45) is 0 Å². The van der Waals surface area contributed by atoms with Crippen molar-refractivity contribution < 1.29 is 9.53 Å². The predicted molar refractivity (Wildman–Crippen MR) is 69.0 cm³/mol. The van der Waals surface area contributed by atoms with E-state index in [0.717, 1.165) is 21.6 Å². The number of rotatable bonds is 3. The highest BCUT2D eigenvalue weighted by molar-refractivity contribution is 9.10. The first kappa shape index (κ1) is 12.2. The zero-order valence-corrected chi connectivity index (χ0v) is 11.4. The maximum absolute atomic E-state index is 11.7. The van der Waals surface area contributed by atoms with Gasteiger partial charge in [0.15, 0.2) is 4.88 Å². The first-order valence-electron chi connectivity index (χ1n) is 4.97. The van der Waals surface area contributed by atoms with Crippen molar-refractivity contribution in [3.63, 3.8) is 0 Å². The molecule has 1 heterocycles. The van der Waals surface area contributed by atoms with Gasteiger partial charge in [-0.05, 0) is 30.6 Å². The summed E-state index contributed by atoms with van der Waals surface area (Å²) < 4.78 is 9.73. The first-order chi connectivity index (χ1) is 8.22. The number of esters is 1. The first-order valence-corrected chi connectivity index (χ1v) is 6.54. The third-order valence-corrected chi connectivity index (χ3v) is 3.30. The van der Waals surface area contributed by atoms with Crippen LogP contribution in [-0.2, 0) is 4.74 Å². The summed E-state index contributed by atoms with van der Waals surface area (Å²) in [7, 11) is 0. The van der Waals surface area contributed by atoms with Crippen LogP contribution >= 0.6 is 27.5 Å². The monoisotopic (exact) mass is 312 g/mol. The molecule has 0 saturated heterocycles. The van der Waals surface area contributed by atoms with Gasteiger partial charge < -0.3 is 4.74 Å². The predicted octanol–water partition coefficient (Wildman–Crippen LogP) is 3.14. The maximum atomic E-state index is 11.7. The normalized spacial score (nSPS) is 10.2. The van der Waals surface area contributed by atoms with E-state index in [1.54, 1.807) is 6.92 Å². The minimum Gasteiger partial charge on any atom is -0.462 e. The summed E-state index contributed by atoms with van der Waals surface area (Å²) >= 11 is 4.41. The Kier molecular flexibility index (Phi) is 3.86. The quantitative estimate of drug-likeness (QED) is 0.817. The van der Waals surface area contributed by atoms with E-state index in [1.807, 2.05) is 24.3 Å². The van der Waals surface area contributed by atoms with Gasteiger partial charge in [0.2, 0.25) is 0 Å². The number of nitrogens with zero attached hydrogens (tertiary/aromatic N) is 2. The number of benzene rings is 1. The zero-order chi connectivity index (χ0) is 12.3. The Morgan fingerprint density at radius 1 is 1.41 bits per heavy atom. The molecule has 0 aliphatic heterocycles. The Morgan fingerprint density at radius 2 is 2.12 bits per heavy atom. The molecule has 88 valence electrons. The van der Waals surface area contributed by atoms with Crippen LogP contribution < -0.4 is 0 Å². The Hall–Kier alpha value is -1.27. The van der Waals surface area contributed by atoms with Crippen molar-refractivity contribution in [1.29, 1.82) is 0 Å². The third-order valence-electron chi connectivity index (χ3n) is 2.07. The molecule has 1 aromatic carbocycles. The highest BCUT2D eigenvalue weighted by Gasteiger charge is 2.18. The lowest BCUT2D eigenvalue weighted by molar-refractivity contribution is 0.0532. The number of carbonyl (C=O) groups excluding carboxylic acids is 1. The fraction of sp³-hybridized carbons (Fsp3) is 0.182. The van der Waals surface area contributed by atoms with Crippen molar-refractivity contribution in [2.45, 2.75) is 6.92 Å². The number of hydrogen-bond acceptors (Lipinski definition) is 5. The molecule has 4 nitrogen and oxygen atoms in total. The second-order valence-corrected chi connectivity index (χ2v) is 4.85. The van der Waals surface area contributed by atoms with Gasteiger partial charge >= 0.3 is 5.97 Å². The molecule has 0 N–H and O–H groups in total. The summed E-state index contributed by atoms with van der Waals surface area (Å²) in [5, 5.41) is 3.97. The van der Waals surface area contributed by atoms with Crippen LogP contribution in [0.15, 0.2) is 28.7 Å². The Bertz CT molecular complexity index is 525. The highest BCUT2D eigenvalue weighted by atomic mass is 79.9. The molecule has 0 unspecified atom stereocenters. The number of ether oxygens (including phenoxy) is 1. The number of hydrogen-bond donors (Lipinski definition) is 0. The number of carbonyl (C=O) groups is 1. The average Bonchev–Trinajstić information content (AvgIpc) is 2.79. The number of aromatic nitrogens is 2. The standard InChI is InChI=1S/C11H9BrN2O2S/c1-2-16-11(15)10-9(13-14-17-10)7-3-5-8(12)6-4-7/h3-6H,2H2,1H3. The molecular weight excluding hydrogens is 304 g/mol. The van der Waals surface area contributed by atoms with E-state index in [-0.39, 0.29) is 5.97 Å². The Labute approximate surface area is 111 Å². The summed E-state index contributed by atoms with van der Waals surface area (Å²) in [4.78, 5) is 12.1. The SMILES string of the molecule is CCOC(=O)c1snnc1-c1ccc(Br)cc1. The Balaban J connectivity index is 2.36. The van der Waals surface area contributed by atoms with Gasteiger partial charge in [0.25, 0.3) is 0 Å².